The van der Waals surface area contributed by atoms with Crippen LogP contribution in [0.4, 0.5) is 0 Å². The van der Waals surface area contributed by atoms with Crippen LogP contribution in [0.15, 0.2) is 12.4 Å². The number of nitrogens with zero attached hydrogens (tertiary/aromatic N) is 2. The van der Waals surface area contributed by atoms with Crippen molar-refractivity contribution in [1.29, 1.82) is 0 Å². The molecule has 1 aromatic rings. The van der Waals surface area contributed by atoms with E-state index in [1.807, 2.05) is 17.8 Å². The average molecular weight is 182 g/mol. The van der Waals surface area contributed by atoms with Gasteiger partial charge in [-0.15, -0.1) is 0 Å². The van der Waals surface area contributed by atoms with Gasteiger partial charge in [-0.3, -0.25) is 4.79 Å². The van der Waals surface area contributed by atoms with Gasteiger partial charge in [0.25, 0.3) is 0 Å². The number of ketones is 1. The Labute approximate surface area is 77.2 Å². The molecule has 0 amide bonds. The van der Waals surface area contributed by atoms with Crippen LogP contribution in [0.3, 0.4) is 0 Å². The molecule has 0 radical (unpaired) electrons. The first kappa shape index (κ1) is 9.92. The molecule has 0 atom stereocenters. The van der Waals surface area contributed by atoms with Crippen LogP contribution >= 0.6 is 0 Å². The predicted octanol–water partition coefficient (Wildman–Crippen LogP) is 0.304. The normalized spacial score (nSPS) is 10.3. The standard InChI is InChI=1S/C9H14N2O2/c1-11-5-4-10-9(11)7-8(13)3-2-6-12/h4-5,12H,2-3,6-7H2,1H3. The van der Waals surface area contributed by atoms with Gasteiger partial charge < -0.3 is 9.67 Å². The molecular weight excluding hydrogens is 168 g/mol. The highest BCUT2D eigenvalue weighted by atomic mass is 16.3. The Hall–Kier alpha value is -1.16. The number of Topliss-reactive ketones (excluding diaryl/α,β-unsaturated/α-hetero) is 1. The van der Waals surface area contributed by atoms with Crippen LogP contribution in [0.25, 0.3) is 0 Å². The van der Waals surface area contributed by atoms with Gasteiger partial charge in [-0.25, -0.2) is 4.98 Å². The van der Waals surface area contributed by atoms with E-state index in [1.54, 1.807) is 6.20 Å². The first-order chi connectivity index (χ1) is 6.24. The van der Waals surface area contributed by atoms with E-state index >= 15 is 0 Å². The molecular formula is C9H14N2O2. The van der Waals surface area contributed by atoms with Gasteiger partial charge in [0.2, 0.25) is 0 Å². The molecule has 0 saturated heterocycles. The van der Waals surface area contributed by atoms with E-state index in [1.165, 1.54) is 0 Å². The molecule has 1 heterocycles. The molecule has 0 spiro atoms. The molecule has 0 aromatic carbocycles. The van der Waals surface area contributed by atoms with Gasteiger partial charge in [0.1, 0.15) is 11.6 Å². The topological polar surface area (TPSA) is 55.1 Å². The summed E-state index contributed by atoms with van der Waals surface area (Å²) in [4.78, 5) is 15.3. The van der Waals surface area contributed by atoms with E-state index in [0.717, 1.165) is 5.82 Å². The van der Waals surface area contributed by atoms with Crippen LogP contribution in [-0.2, 0) is 18.3 Å². The summed E-state index contributed by atoms with van der Waals surface area (Å²) in [5.74, 6) is 0.909. The van der Waals surface area contributed by atoms with E-state index in [4.69, 9.17) is 5.11 Å². The Kier molecular flexibility index (Phi) is 3.64. The van der Waals surface area contributed by atoms with Crippen LogP contribution in [-0.4, -0.2) is 27.0 Å². The average Bonchev–Trinajstić information content (AvgIpc) is 2.48. The van der Waals surface area contributed by atoms with Gasteiger partial charge in [0, 0.05) is 32.5 Å². The number of imidazole rings is 1. The highest BCUT2D eigenvalue weighted by Gasteiger charge is 2.06. The van der Waals surface area contributed by atoms with Crippen LogP contribution in [0.5, 0.6) is 0 Å². The van der Waals surface area contributed by atoms with Crippen LogP contribution in [0, 0.1) is 0 Å². The molecule has 72 valence electrons. The number of rotatable bonds is 5. The van der Waals surface area contributed by atoms with Gasteiger partial charge in [-0.2, -0.15) is 0 Å². The lowest BCUT2D eigenvalue weighted by Gasteiger charge is -2.00. The molecule has 1 rings (SSSR count). The highest BCUT2D eigenvalue weighted by molar-refractivity contribution is 5.80. The van der Waals surface area contributed by atoms with Crippen molar-refractivity contribution in [3.05, 3.63) is 18.2 Å². The molecule has 0 aliphatic heterocycles. The molecule has 1 N–H and O–H groups in total. The Balaban J connectivity index is 2.41. The van der Waals surface area contributed by atoms with Gasteiger partial charge in [-0.05, 0) is 6.42 Å². The first-order valence-electron chi connectivity index (χ1n) is 4.33. The summed E-state index contributed by atoms with van der Waals surface area (Å²) in [5.41, 5.74) is 0. The summed E-state index contributed by atoms with van der Waals surface area (Å²) >= 11 is 0. The van der Waals surface area contributed by atoms with Crippen molar-refractivity contribution in [3.8, 4) is 0 Å². The SMILES string of the molecule is Cn1ccnc1CC(=O)CCCO. The number of carbonyl (C=O) groups excluding carboxylic acids is 1. The summed E-state index contributed by atoms with van der Waals surface area (Å²) in [5, 5.41) is 8.52. The number of hydrogen-bond donors (Lipinski definition) is 1. The predicted molar refractivity (Wildman–Crippen MR) is 48.2 cm³/mol. The molecule has 0 saturated carbocycles. The van der Waals surface area contributed by atoms with Crippen molar-refractivity contribution < 1.29 is 9.90 Å². The maximum Gasteiger partial charge on any atom is 0.140 e. The van der Waals surface area contributed by atoms with Gasteiger partial charge >= 0.3 is 0 Å². The highest BCUT2D eigenvalue weighted by Crippen LogP contribution is 2.00. The third-order valence-corrected chi connectivity index (χ3v) is 1.89. The third kappa shape index (κ3) is 2.99. The second-order valence-corrected chi connectivity index (χ2v) is 3.00. The molecule has 0 unspecified atom stereocenters. The van der Waals surface area contributed by atoms with Crippen molar-refractivity contribution in [2.45, 2.75) is 19.3 Å². The quantitative estimate of drug-likeness (QED) is 0.712. The third-order valence-electron chi connectivity index (χ3n) is 1.89. The molecule has 0 aliphatic rings. The molecule has 0 fully saturated rings. The van der Waals surface area contributed by atoms with Crippen LogP contribution < -0.4 is 0 Å². The Bertz CT molecular complexity index is 281. The van der Waals surface area contributed by atoms with Crippen molar-refractivity contribution in [3.63, 3.8) is 0 Å². The zero-order chi connectivity index (χ0) is 9.68. The number of aryl methyl sites for hydroxylation is 1. The van der Waals surface area contributed by atoms with Gasteiger partial charge in [-0.1, -0.05) is 0 Å². The second kappa shape index (κ2) is 4.77. The van der Waals surface area contributed by atoms with Crippen molar-refractivity contribution in [1.82, 2.24) is 9.55 Å². The smallest absolute Gasteiger partial charge is 0.140 e. The summed E-state index contributed by atoms with van der Waals surface area (Å²) in [7, 11) is 1.86. The van der Waals surface area contributed by atoms with Crippen LogP contribution in [0.2, 0.25) is 0 Å². The van der Waals surface area contributed by atoms with E-state index in [9.17, 15) is 4.79 Å². The van der Waals surface area contributed by atoms with Crippen molar-refractivity contribution >= 4 is 5.78 Å². The lowest BCUT2D eigenvalue weighted by atomic mass is 10.1. The largest absolute Gasteiger partial charge is 0.396 e. The van der Waals surface area contributed by atoms with Crippen molar-refractivity contribution in [2.24, 2.45) is 7.05 Å². The zero-order valence-electron chi connectivity index (χ0n) is 7.73. The Morgan fingerprint density at radius 3 is 3.00 bits per heavy atom. The Morgan fingerprint density at radius 1 is 1.69 bits per heavy atom. The fraction of sp³-hybridized carbons (Fsp3) is 0.556. The number of hydrogen-bond acceptors (Lipinski definition) is 3. The van der Waals surface area contributed by atoms with E-state index < -0.39 is 0 Å². The lowest BCUT2D eigenvalue weighted by molar-refractivity contribution is -0.118. The monoisotopic (exact) mass is 182 g/mol. The maximum atomic E-state index is 11.3. The van der Waals surface area contributed by atoms with E-state index in [2.05, 4.69) is 4.98 Å². The lowest BCUT2D eigenvalue weighted by Crippen LogP contribution is -2.08. The summed E-state index contributed by atoms with van der Waals surface area (Å²) in [6.07, 6.45) is 4.83. The summed E-state index contributed by atoms with van der Waals surface area (Å²) < 4.78 is 1.83. The molecule has 1 aromatic heterocycles. The number of carbonyl (C=O) groups is 1. The zero-order valence-corrected chi connectivity index (χ0v) is 7.73. The number of aliphatic hydroxyl groups excluding tert-OH is 1. The second-order valence-electron chi connectivity index (χ2n) is 3.00. The minimum Gasteiger partial charge on any atom is -0.396 e. The van der Waals surface area contributed by atoms with Crippen molar-refractivity contribution in [2.75, 3.05) is 6.61 Å². The summed E-state index contributed by atoms with van der Waals surface area (Å²) in [6, 6.07) is 0. The fourth-order valence-corrected chi connectivity index (χ4v) is 1.11. The van der Waals surface area contributed by atoms with E-state index in [0.29, 0.717) is 19.3 Å². The number of aromatic nitrogens is 2. The molecule has 0 bridgehead atoms. The molecule has 13 heavy (non-hydrogen) atoms. The van der Waals surface area contributed by atoms with E-state index in [-0.39, 0.29) is 12.4 Å². The van der Waals surface area contributed by atoms with Gasteiger partial charge in [0.15, 0.2) is 0 Å². The molecule has 0 aliphatic carbocycles. The Morgan fingerprint density at radius 2 is 2.46 bits per heavy atom. The number of aliphatic hydroxyl groups is 1. The maximum absolute atomic E-state index is 11.3. The minimum absolute atomic E-state index is 0.0757. The fourth-order valence-electron chi connectivity index (χ4n) is 1.11. The molecule has 4 heteroatoms. The first-order valence-corrected chi connectivity index (χ1v) is 4.33. The molecule has 4 nitrogen and oxygen atoms in total. The minimum atomic E-state index is 0.0757. The van der Waals surface area contributed by atoms with Crippen LogP contribution in [0.1, 0.15) is 18.7 Å². The summed E-state index contributed by atoms with van der Waals surface area (Å²) in [6.45, 7) is 0.0757. The van der Waals surface area contributed by atoms with Gasteiger partial charge in [0.05, 0.1) is 6.42 Å².